The number of hydrazine groups is 1. The van der Waals surface area contributed by atoms with E-state index in [2.05, 4.69) is 0 Å². The molecule has 1 saturated carbocycles. The van der Waals surface area contributed by atoms with Crippen LogP contribution >= 0.6 is 0 Å². The number of nitrogens with one attached hydrogen (secondary N) is 1. The van der Waals surface area contributed by atoms with Gasteiger partial charge in [-0.15, -0.1) is 0 Å². The standard InChI is InChI=1S/C8H16N2O2/c9-10-8(11)6-12-5-7-3-1-2-4-7/h7H,1-6,9H2,(H,10,11). The lowest BCUT2D eigenvalue weighted by atomic mass is 10.1. The highest BCUT2D eigenvalue weighted by Gasteiger charge is 2.15. The minimum atomic E-state index is -0.256. The average Bonchev–Trinajstić information content (AvgIpc) is 2.57. The molecule has 0 spiro atoms. The maximum absolute atomic E-state index is 10.6. The third-order valence-electron chi connectivity index (χ3n) is 2.22. The van der Waals surface area contributed by atoms with E-state index >= 15 is 0 Å². The second-order valence-electron chi connectivity index (χ2n) is 3.23. The number of hydrogen-bond donors (Lipinski definition) is 2. The van der Waals surface area contributed by atoms with Crippen molar-refractivity contribution in [3.8, 4) is 0 Å². The first-order chi connectivity index (χ1) is 5.83. The molecule has 0 aromatic heterocycles. The number of nitrogens with two attached hydrogens (primary N) is 1. The third-order valence-corrected chi connectivity index (χ3v) is 2.22. The lowest BCUT2D eigenvalue weighted by Gasteiger charge is -2.08. The van der Waals surface area contributed by atoms with Crippen LogP contribution in [0.25, 0.3) is 0 Å². The van der Waals surface area contributed by atoms with E-state index < -0.39 is 0 Å². The molecule has 0 bridgehead atoms. The van der Waals surface area contributed by atoms with Crippen LogP contribution in [-0.4, -0.2) is 19.1 Å². The van der Waals surface area contributed by atoms with Gasteiger partial charge in [0.2, 0.25) is 0 Å². The van der Waals surface area contributed by atoms with Crippen molar-refractivity contribution in [3.05, 3.63) is 0 Å². The van der Waals surface area contributed by atoms with Crippen molar-refractivity contribution in [1.29, 1.82) is 0 Å². The summed E-state index contributed by atoms with van der Waals surface area (Å²) in [5.74, 6) is 5.29. The van der Waals surface area contributed by atoms with Gasteiger partial charge in [-0.1, -0.05) is 12.8 Å². The molecular formula is C8H16N2O2. The number of rotatable bonds is 4. The van der Waals surface area contributed by atoms with E-state index in [-0.39, 0.29) is 12.5 Å². The van der Waals surface area contributed by atoms with Crippen molar-refractivity contribution in [3.63, 3.8) is 0 Å². The van der Waals surface area contributed by atoms with Crippen molar-refractivity contribution < 1.29 is 9.53 Å². The molecule has 4 nitrogen and oxygen atoms in total. The van der Waals surface area contributed by atoms with Crippen molar-refractivity contribution >= 4 is 5.91 Å². The highest BCUT2D eigenvalue weighted by atomic mass is 16.5. The first-order valence-corrected chi connectivity index (χ1v) is 4.40. The summed E-state index contributed by atoms with van der Waals surface area (Å²) in [6.07, 6.45) is 5.09. The van der Waals surface area contributed by atoms with Crippen LogP contribution in [0, 0.1) is 5.92 Å². The molecule has 4 heteroatoms. The second kappa shape index (κ2) is 5.11. The molecule has 0 saturated heterocycles. The van der Waals surface area contributed by atoms with Crippen molar-refractivity contribution in [2.45, 2.75) is 25.7 Å². The average molecular weight is 172 g/mol. The summed E-state index contributed by atoms with van der Waals surface area (Å²) < 4.78 is 5.18. The van der Waals surface area contributed by atoms with E-state index in [0.29, 0.717) is 12.5 Å². The molecule has 1 aliphatic rings. The van der Waals surface area contributed by atoms with E-state index in [0.717, 1.165) is 0 Å². The summed E-state index contributed by atoms with van der Waals surface area (Å²) in [7, 11) is 0. The molecule has 0 heterocycles. The lowest BCUT2D eigenvalue weighted by Crippen LogP contribution is -2.33. The van der Waals surface area contributed by atoms with E-state index in [9.17, 15) is 4.79 Å². The zero-order chi connectivity index (χ0) is 8.81. The summed E-state index contributed by atoms with van der Waals surface area (Å²) >= 11 is 0. The highest BCUT2D eigenvalue weighted by molar-refractivity contribution is 5.76. The predicted molar refractivity (Wildman–Crippen MR) is 45.1 cm³/mol. The van der Waals surface area contributed by atoms with Gasteiger partial charge in [0, 0.05) is 0 Å². The summed E-state index contributed by atoms with van der Waals surface area (Å²) in [5.41, 5.74) is 2.03. The molecule has 0 aliphatic heterocycles. The molecule has 1 aliphatic carbocycles. The Balaban J connectivity index is 1.97. The first-order valence-electron chi connectivity index (χ1n) is 4.40. The van der Waals surface area contributed by atoms with Crippen LogP contribution in [0.2, 0.25) is 0 Å². The van der Waals surface area contributed by atoms with E-state index in [1.54, 1.807) is 0 Å². The largest absolute Gasteiger partial charge is 0.371 e. The normalized spacial score (nSPS) is 18.1. The zero-order valence-corrected chi connectivity index (χ0v) is 7.21. The SMILES string of the molecule is NNC(=O)COCC1CCCC1. The molecule has 1 amide bonds. The molecule has 70 valence electrons. The van der Waals surface area contributed by atoms with Gasteiger partial charge in [-0.05, 0) is 18.8 Å². The highest BCUT2D eigenvalue weighted by Crippen LogP contribution is 2.24. The zero-order valence-electron chi connectivity index (χ0n) is 7.21. The molecule has 0 unspecified atom stereocenters. The Morgan fingerprint density at radius 3 is 2.75 bits per heavy atom. The Kier molecular flexibility index (Phi) is 4.04. The summed E-state index contributed by atoms with van der Waals surface area (Å²) in [4.78, 5) is 10.6. The fraction of sp³-hybridized carbons (Fsp3) is 0.875. The minimum Gasteiger partial charge on any atom is -0.371 e. The van der Waals surface area contributed by atoms with Crippen LogP contribution in [0.5, 0.6) is 0 Å². The molecule has 0 aromatic carbocycles. The van der Waals surface area contributed by atoms with E-state index in [1.807, 2.05) is 5.43 Å². The topological polar surface area (TPSA) is 64.3 Å². The van der Waals surface area contributed by atoms with Crippen molar-refractivity contribution in [1.82, 2.24) is 5.43 Å². The van der Waals surface area contributed by atoms with Crippen LogP contribution in [0.1, 0.15) is 25.7 Å². The van der Waals surface area contributed by atoms with Crippen LogP contribution in [-0.2, 0) is 9.53 Å². The van der Waals surface area contributed by atoms with Crippen molar-refractivity contribution in [2.24, 2.45) is 11.8 Å². The van der Waals surface area contributed by atoms with Gasteiger partial charge in [-0.25, -0.2) is 5.84 Å². The third kappa shape index (κ3) is 3.19. The summed E-state index contributed by atoms with van der Waals surface area (Å²) in [5, 5.41) is 0. The van der Waals surface area contributed by atoms with E-state index in [4.69, 9.17) is 10.6 Å². The molecular weight excluding hydrogens is 156 g/mol. The fourth-order valence-corrected chi connectivity index (χ4v) is 1.54. The van der Waals surface area contributed by atoms with Gasteiger partial charge in [-0.3, -0.25) is 10.2 Å². The molecule has 0 aromatic rings. The Labute approximate surface area is 72.4 Å². The fourth-order valence-electron chi connectivity index (χ4n) is 1.54. The number of amides is 1. The van der Waals surface area contributed by atoms with Crippen LogP contribution in [0.15, 0.2) is 0 Å². The van der Waals surface area contributed by atoms with Gasteiger partial charge < -0.3 is 4.74 Å². The van der Waals surface area contributed by atoms with Crippen LogP contribution < -0.4 is 11.3 Å². The summed E-state index contributed by atoms with van der Waals surface area (Å²) in [6, 6.07) is 0. The van der Waals surface area contributed by atoms with Crippen LogP contribution in [0.4, 0.5) is 0 Å². The lowest BCUT2D eigenvalue weighted by molar-refractivity contribution is -0.126. The minimum absolute atomic E-state index is 0.0903. The number of carbonyl (C=O) groups excluding carboxylic acids is 1. The Hall–Kier alpha value is -0.610. The number of ether oxygens (including phenoxy) is 1. The maximum atomic E-state index is 10.6. The molecule has 1 rings (SSSR count). The Morgan fingerprint density at radius 1 is 1.50 bits per heavy atom. The number of carbonyl (C=O) groups is 1. The molecule has 0 radical (unpaired) electrons. The van der Waals surface area contributed by atoms with Gasteiger partial charge in [-0.2, -0.15) is 0 Å². The van der Waals surface area contributed by atoms with Gasteiger partial charge in [0.25, 0.3) is 5.91 Å². The second-order valence-corrected chi connectivity index (χ2v) is 3.23. The molecule has 0 atom stereocenters. The molecule has 1 fully saturated rings. The first kappa shape index (κ1) is 9.48. The predicted octanol–water partition coefficient (Wildman–Crippen LogP) is 0.183. The van der Waals surface area contributed by atoms with Crippen LogP contribution in [0.3, 0.4) is 0 Å². The quantitative estimate of drug-likeness (QED) is 0.361. The van der Waals surface area contributed by atoms with Gasteiger partial charge in [0.1, 0.15) is 6.61 Å². The summed E-state index contributed by atoms with van der Waals surface area (Å²) in [6.45, 7) is 0.792. The van der Waals surface area contributed by atoms with Gasteiger partial charge in [0.05, 0.1) is 6.61 Å². The van der Waals surface area contributed by atoms with Gasteiger partial charge >= 0.3 is 0 Å². The molecule has 3 N–H and O–H groups in total. The Bertz CT molecular complexity index is 144. The molecule has 12 heavy (non-hydrogen) atoms. The monoisotopic (exact) mass is 172 g/mol. The Morgan fingerprint density at radius 2 is 2.17 bits per heavy atom. The van der Waals surface area contributed by atoms with E-state index in [1.165, 1.54) is 25.7 Å². The van der Waals surface area contributed by atoms with Gasteiger partial charge in [0.15, 0.2) is 0 Å². The smallest absolute Gasteiger partial charge is 0.259 e. The maximum Gasteiger partial charge on any atom is 0.259 e. The number of hydrogen-bond acceptors (Lipinski definition) is 3. The van der Waals surface area contributed by atoms with Crippen molar-refractivity contribution in [2.75, 3.05) is 13.2 Å².